The molecule has 4 unspecified atom stereocenters. The summed E-state index contributed by atoms with van der Waals surface area (Å²) in [5.74, 6) is 2.38. The van der Waals surface area contributed by atoms with Gasteiger partial charge in [-0.25, -0.2) is 0 Å². The summed E-state index contributed by atoms with van der Waals surface area (Å²) in [5.41, 5.74) is 0.104. The predicted molar refractivity (Wildman–Crippen MR) is 104 cm³/mol. The zero-order valence-corrected chi connectivity index (χ0v) is 17.5. The summed E-state index contributed by atoms with van der Waals surface area (Å²) in [6.07, 6.45) is 4.35. The lowest BCUT2D eigenvalue weighted by Gasteiger charge is -2.46. The van der Waals surface area contributed by atoms with Gasteiger partial charge in [-0.2, -0.15) is 12.6 Å². The van der Waals surface area contributed by atoms with Crippen molar-refractivity contribution in [3.8, 4) is 0 Å². The van der Waals surface area contributed by atoms with Crippen molar-refractivity contribution >= 4 is 18.4 Å². The highest BCUT2D eigenvalue weighted by molar-refractivity contribution is 7.80. The number of carbonyl (C=O) groups is 1. The van der Waals surface area contributed by atoms with Crippen LogP contribution in [-0.4, -0.2) is 17.2 Å². The number of rotatable bonds is 6. The van der Waals surface area contributed by atoms with Gasteiger partial charge in [0.15, 0.2) is 5.78 Å². The first-order valence-electron chi connectivity index (χ1n) is 9.38. The maximum absolute atomic E-state index is 12.9. The van der Waals surface area contributed by atoms with Crippen LogP contribution < -0.4 is 5.32 Å². The van der Waals surface area contributed by atoms with Gasteiger partial charge in [-0.15, -0.1) is 0 Å². The van der Waals surface area contributed by atoms with Gasteiger partial charge in [0.1, 0.15) is 0 Å². The minimum atomic E-state index is -0.302. The Morgan fingerprint density at radius 3 is 2.09 bits per heavy atom. The van der Waals surface area contributed by atoms with Crippen molar-refractivity contribution in [2.75, 3.05) is 0 Å². The molecule has 0 radical (unpaired) electrons. The van der Waals surface area contributed by atoms with E-state index in [0.29, 0.717) is 29.0 Å². The number of thiol groups is 1. The van der Waals surface area contributed by atoms with Crippen molar-refractivity contribution in [3.05, 3.63) is 0 Å². The summed E-state index contributed by atoms with van der Waals surface area (Å²) < 4.78 is 0. The van der Waals surface area contributed by atoms with Gasteiger partial charge in [0, 0.05) is 5.41 Å². The number of hydrogen-bond donors (Lipinski definition) is 2. The monoisotopic (exact) mass is 341 g/mol. The zero-order chi connectivity index (χ0) is 18.0. The Hall–Kier alpha value is -0.0200. The van der Waals surface area contributed by atoms with Crippen molar-refractivity contribution in [2.24, 2.45) is 28.6 Å². The Morgan fingerprint density at radius 1 is 1.22 bits per heavy atom. The number of Topliss-reactive ketones (excluding diaryl/α,β-unsaturated/α-hetero) is 1. The van der Waals surface area contributed by atoms with Crippen LogP contribution in [0.2, 0.25) is 0 Å². The summed E-state index contributed by atoms with van der Waals surface area (Å²) in [4.78, 5) is 12.9. The molecule has 0 saturated heterocycles. The lowest BCUT2D eigenvalue weighted by Crippen LogP contribution is -2.48. The summed E-state index contributed by atoms with van der Waals surface area (Å²) in [6, 6.07) is -0.0666. The van der Waals surface area contributed by atoms with Gasteiger partial charge in [0.05, 0.1) is 11.4 Å². The van der Waals surface area contributed by atoms with Crippen LogP contribution >= 0.6 is 12.6 Å². The zero-order valence-electron chi connectivity index (χ0n) is 16.6. The Balaban J connectivity index is 2.83. The van der Waals surface area contributed by atoms with Crippen molar-refractivity contribution < 1.29 is 4.79 Å². The molecule has 1 fully saturated rings. The smallest absolute Gasteiger partial charge is 0.155 e. The standard InChI is InChI=1S/C20H39NOS/c1-9-17(23)21-16(18(22)19(4,5)6)12-15-10-13(2)20(7,8)14(3)11-15/h13-17,21,23H,9-12H2,1-8H3. The van der Waals surface area contributed by atoms with Crippen LogP contribution in [0, 0.1) is 28.6 Å². The van der Waals surface area contributed by atoms with Crippen molar-refractivity contribution in [1.82, 2.24) is 5.32 Å². The molecule has 0 aliphatic heterocycles. The van der Waals surface area contributed by atoms with E-state index < -0.39 is 0 Å². The first-order valence-corrected chi connectivity index (χ1v) is 9.89. The highest BCUT2D eigenvalue weighted by Gasteiger charge is 2.41. The Bertz CT molecular complexity index is 385. The molecular formula is C20H39NOS. The topological polar surface area (TPSA) is 29.1 Å². The molecule has 1 aliphatic carbocycles. The Morgan fingerprint density at radius 2 is 1.70 bits per heavy atom. The molecule has 0 aromatic rings. The molecule has 136 valence electrons. The molecule has 3 heteroatoms. The number of hydrogen-bond acceptors (Lipinski definition) is 3. The van der Waals surface area contributed by atoms with Gasteiger partial charge in [0.25, 0.3) is 0 Å². The van der Waals surface area contributed by atoms with Crippen molar-refractivity contribution in [1.29, 1.82) is 0 Å². The highest BCUT2D eigenvalue weighted by atomic mass is 32.1. The molecule has 0 amide bonds. The molecule has 23 heavy (non-hydrogen) atoms. The number of carbonyl (C=O) groups excluding carboxylic acids is 1. The van der Waals surface area contributed by atoms with E-state index in [0.717, 1.165) is 12.8 Å². The van der Waals surface area contributed by atoms with Crippen LogP contribution in [0.25, 0.3) is 0 Å². The van der Waals surface area contributed by atoms with Crippen LogP contribution in [0.1, 0.15) is 81.1 Å². The SMILES string of the molecule is CCC(S)NC(CC1CC(C)C(C)(C)C(C)C1)C(=O)C(C)(C)C. The molecule has 1 rings (SSSR count). The van der Waals surface area contributed by atoms with E-state index in [2.05, 4.69) is 52.6 Å². The van der Waals surface area contributed by atoms with Gasteiger partial charge in [-0.05, 0) is 48.9 Å². The third kappa shape index (κ3) is 5.49. The maximum atomic E-state index is 12.9. The fourth-order valence-electron chi connectivity index (χ4n) is 3.84. The van der Waals surface area contributed by atoms with Crippen molar-refractivity contribution in [2.45, 2.75) is 92.5 Å². The Labute approximate surface area is 150 Å². The molecule has 1 saturated carbocycles. The molecule has 1 N–H and O–H groups in total. The van der Waals surface area contributed by atoms with Gasteiger partial charge in [-0.1, -0.05) is 55.4 Å². The van der Waals surface area contributed by atoms with E-state index in [1.165, 1.54) is 12.8 Å². The first kappa shape index (κ1) is 21.0. The third-order valence-corrected chi connectivity index (χ3v) is 6.83. The van der Waals surface area contributed by atoms with Crippen LogP contribution in [0.5, 0.6) is 0 Å². The molecule has 1 aliphatic rings. The fourth-order valence-corrected chi connectivity index (χ4v) is 4.02. The molecule has 0 spiro atoms. The normalized spacial score (nSPS) is 30.7. The molecule has 2 nitrogen and oxygen atoms in total. The van der Waals surface area contributed by atoms with E-state index >= 15 is 0 Å². The second-order valence-corrected chi connectivity index (χ2v) is 10.1. The fraction of sp³-hybridized carbons (Fsp3) is 0.950. The quantitative estimate of drug-likeness (QED) is 0.505. The van der Waals surface area contributed by atoms with Gasteiger partial charge < -0.3 is 0 Å². The minimum absolute atomic E-state index is 0.0666. The number of ketones is 1. The highest BCUT2D eigenvalue weighted by Crippen LogP contribution is 2.48. The Kier molecular flexibility index (Phi) is 7.23. The van der Waals surface area contributed by atoms with E-state index in [9.17, 15) is 4.79 Å². The van der Waals surface area contributed by atoms with E-state index in [-0.39, 0.29) is 16.8 Å². The molecular weight excluding hydrogens is 302 g/mol. The lowest BCUT2D eigenvalue weighted by molar-refractivity contribution is -0.129. The largest absolute Gasteiger partial charge is 0.297 e. The first-order chi connectivity index (χ1) is 10.4. The molecule has 0 aromatic heterocycles. The average Bonchev–Trinajstić information content (AvgIpc) is 2.42. The van der Waals surface area contributed by atoms with Gasteiger partial charge >= 0.3 is 0 Å². The summed E-state index contributed by atoms with van der Waals surface area (Å²) in [6.45, 7) is 17.7. The second-order valence-electron chi connectivity index (χ2n) is 9.45. The minimum Gasteiger partial charge on any atom is -0.297 e. The predicted octanol–water partition coefficient (Wildman–Crippen LogP) is 5.32. The van der Waals surface area contributed by atoms with Gasteiger partial charge in [0.2, 0.25) is 0 Å². The van der Waals surface area contributed by atoms with Gasteiger partial charge in [-0.3, -0.25) is 10.1 Å². The van der Waals surface area contributed by atoms with E-state index in [1.54, 1.807) is 0 Å². The third-order valence-electron chi connectivity index (χ3n) is 6.32. The van der Waals surface area contributed by atoms with Crippen LogP contribution in [0.4, 0.5) is 0 Å². The molecule has 0 heterocycles. The second kappa shape index (κ2) is 7.91. The molecule has 0 aromatic carbocycles. The summed E-state index contributed by atoms with van der Waals surface area (Å²) in [7, 11) is 0. The summed E-state index contributed by atoms with van der Waals surface area (Å²) in [5, 5.41) is 3.58. The van der Waals surface area contributed by atoms with Crippen LogP contribution in [-0.2, 0) is 4.79 Å². The average molecular weight is 342 g/mol. The molecule has 0 bridgehead atoms. The van der Waals surface area contributed by atoms with Crippen LogP contribution in [0.3, 0.4) is 0 Å². The lowest BCUT2D eigenvalue weighted by atomic mass is 9.59. The van der Waals surface area contributed by atoms with Crippen LogP contribution in [0.15, 0.2) is 0 Å². The number of nitrogens with one attached hydrogen (secondary N) is 1. The molecule has 4 atom stereocenters. The van der Waals surface area contributed by atoms with E-state index in [4.69, 9.17) is 0 Å². The maximum Gasteiger partial charge on any atom is 0.155 e. The summed E-state index contributed by atoms with van der Waals surface area (Å²) >= 11 is 4.58. The van der Waals surface area contributed by atoms with E-state index in [1.807, 2.05) is 20.8 Å². The van der Waals surface area contributed by atoms with Crippen molar-refractivity contribution in [3.63, 3.8) is 0 Å².